The second kappa shape index (κ2) is 13.4. The Kier molecular flexibility index (Phi) is 9.90. The van der Waals surface area contributed by atoms with Crippen LogP contribution >= 0.6 is 11.3 Å². The summed E-state index contributed by atoms with van der Waals surface area (Å²) in [5.41, 5.74) is 4.09. The maximum Gasteiger partial charge on any atom is 0.407 e. The van der Waals surface area contributed by atoms with Crippen LogP contribution in [0.2, 0.25) is 0 Å². The second-order valence-corrected chi connectivity index (χ2v) is 13.0. The number of benzene rings is 1. The lowest BCUT2D eigenvalue weighted by Gasteiger charge is -2.31. The highest BCUT2D eigenvalue weighted by molar-refractivity contribution is 7.93. The largest absolute Gasteiger partial charge is 0.444 e. The molecule has 3 N–H and O–H groups in total. The van der Waals surface area contributed by atoms with Crippen LogP contribution in [0.25, 0.3) is 0 Å². The Morgan fingerprint density at radius 2 is 1.98 bits per heavy atom. The summed E-state index contributed by atoms with van der Waals surface area (Å²) in [5.74, 6) is 0.684. The van der Waals surface area contributed by atoms with E-state index >= 15 is 0 Å². The number of sulfonamides is 1. The van der Waals surface area contributed by atoms with Gasteiger partial charge in [-0.2, -0.15) is 4.31 Å². The maximum atomic E-state index is 13.8. The highest BCUT2D eigenvalue weighted by Crippen LogP contribution is 2.29. The number of fused-ring (bicyclic) bond motifs is 1. The van der Waals surface area contributed by atoms with Gasteiger partial charge in [-0.05, 0) is 30.1 Å². The fourth-order valence-corrected chi connectivity index (χ4v) is 6.68. The van der Waals surface area contributed by atoms with Crippen LogP contribution in [0, 0.1) is 5.92 Å². The molecule has 2 aromatic rings. The molecule has 0 fully saturated rings. The first-order valence-corrected chi connectivity index (χ1v) is 15.4. The summed E-state index contributed by atoms with van der Waals surface area (Å²) < 4.78 is 34.3. The molecular formula is C28H35N5O5S2. The van der Waals surface area contributed by atoms with E-state index in [1.54, 1.807) is 30.9 Å². The lowest BCUT2D eigenvalue weighted by atomic mass is 10.0. The molecule has 1 aliphatic heterocycles. The summed E-state index contributed by atoms with van der Waals surface area (Å²) in [5, 5.41) is 17.1. The first kappa shape index (κ1) is 29.7. The zero-order valence-corrected chi connectivity index (χ0v) is 24.4. The number of thiazole rings is 1. The summed E-state index contributed by atoms with van der Waals surface area (Å²) in [4.78, 5) is 22.1. The molecule has 40 heavy (non-hydrogen) atoms. The van der Waals surface area contributed by atoms with Crippen molar-refractivity contribution in [1.82, 2.24) is 19.9 Å². The minimum Gasteiger partial charge on any atom is -0.444 e. The molecule has 1 aromatic carbocycles. The minimum atomic E-state index is -3.94. The fraction of sp³-hybridized carbons (Fsp3) is 0.393. The van der Waals surface area contributed by atoms with Gasteiger partial charge in [-0.15, -0.1) is 11.3 Å². The molecule has 2 unspecified atom stereocenters. The average Bonchev–Trinajstić information content (AvgIpc) is 3.60. The minimum absolute atomic E-state index is 0.00329. The van der Waals surface area contributed by atoms with Crippen LogP contribution in [0.4, 0.5) is 4.79 Å². The van der Waals surface area contributed by atoms with E-state index in [9.17, 15) is 18.3 Å². The lowest BCUT2D eigenvalue weighted by molar-refractivity contribution is 0.0877. The van der Waals surface area contributed by atoms with Crippen molar-refractivity contribution in [2.24, 2.45) is 10.9 Å². The Morgan fingerprint density at radius 3 is 2.65 bits per heavy atom. The molecule has 0 spiro atoms. The first-order valence-electron chi connectivity index (χ1n) is 13.1. The van der Waals surface area contributed by atoms with Crippen molar-refractivity contribution in [1.29, 1.82) is 0 Å². The van der Waals surface area contributed by atoms with Gasteiger partial charge in [0.2, 0.25) is 10.0 Å². The maximum absolute atomic E-state index is 13.8. The number of carbonyl (C=O) groups excluding carboxylic acids is 1. The molecule has 2 aliphatic rings. The van der Waals surface area contributed by atoms with Crippen molar-refractivity contribution in [3.8, 4) is 0 Å². The van der Waals surface area contributed by atoms with Crippen LogP contribution in [-0.4, -0.2) is 66.9 Å². The van der Waals surface area contributed by atoms with Crippen molar-refractivity contribution in [3.05, 3.63) is 87.0 Å². The summed E-state index contributed by atoms with van der Waals surface area (Å²) in [6.07, 6.45) is 5.39. The predicted molar refractivity (Wildman–Crippen MR) is 156 cm³/mol. The van der Waals surface area contributed by atoms with Crippen molar-refractivity contribution in [2.45, 2.75) is 45.4 Å². The Balaban J connectivity index is 1.51. The molecule has 4 rings (SSSR count). The van der Waals surface area contributed by atoms with Gasteiger partial charge in [-0.1, -0.05) is 50.3 Å². The van der Waals surface area contributed by atoms with Gasteiger partial charge in [0.05, 0.1) is 33.2 Å². The molecular weight excluding hydrogens is 550 g/mol. The van der Waals surface area contributed by atoms with E-state index in [1.165, 1.54) is 15.6 Å². The molecule has 0 saturated heterocycles. The molecule has 0 radical (unpaired) electrons. The van der Waals surface area contributed by atoms with Gasteiger partial charge in [0.1, 0.15) is 12.4 Å². The van der Waals surface area contributed by atoms with Gasteiger partial charge in [0, 0.05) is 38.3 Å². The van der Waals surface area contributed by atoms with E-state index in [1.807, 2.05) is 50.3 Å². The number of aliphatic hydroxyl groups excluding tert-OH is 1. The first-order chi connectivity index (χ1) is 19.2. The zero-order valence-electron chi connectivity index (χ0n) is 22.8. The van der Waals surface area contributed by atoms with E-state index in [4.69, 9.17) is 4.74 Å². The third kappa shape index (κ3) is 7.66. The Bertz CT molecular complexity index is 1400. The number of aliphatic imine (C=N–C) groups is 1. The van der Waals surface area contributed by atoms with E-state index in [0.717, 1.165) is 16.0 Å². The SMILES string of the molecule is CNC1=CC2=CC=C(S(=O)(=O)N(CC(C)C)CC(O)C(Cc3ccccc3)NC(=O)OCc3cncs3)CC2=N1. The number of alkyl carbamates (subject to hydrolysis) is 1. The summed E-state index contributed by atoms with van der Waals surface area (Å²) in [6.45, 7) is 3.89. The number of aliphatic hydroxyl groups is 1. The molecule has 1 aromatic heterocycles. The van der Waals surface area contributed by atoms with Crippen LogP contribution in [0.5, 0.6) is 0 Å². The van der Waals surface area contributed by atoms with Gasteiger partial charge < -0.3 is 20.5 Å². The average molecular weight is 586 g/mol. The number of allylic oxidation sites excluding steroid dienone is 5. The zero-order chi connectivity index (χ0) is 28.7. The molecule has 2 heterocycles. The van der Waals surface area contributed by atoms with Gasteiger partial charge in [0.25, 0.3) is 0 Å². The van der Waals surface area contributed by atoms with Gasteiger partial charge in [0.15, 0.2) is 0 Å². The monoisotopic (exact) mass is 585 g/mol. The lowest BCUT2D eigenvalue weighted by Crippen LogP contribution is -2.51. The van der Waals surface area contributed by atoms with Crippen LogP contribution < -0.4 is 10.6 Å². The van der Waals surface area contributed by atoms with Crippen LogP contribution in [0.3, 0.4) is 0 Å². The molecule has 1 aliphatic carbocycles. The summed E-state index contributed by atoms with van der Waals surface area (Å²) >= 11 is 1.37. The van der Waals surface area contributed by atoms with Crippen molar-refractivity contribution < 1.29 is 23.1 Å². The van der Waals surface area contributed by atoms with Crippen LogP contribution in [-0.2, 0) is 27.8 Å². The van der Waals surface area contributed by atoms with E-state index in [-0.39, 0.29) is 43.4 Å². The number of rotatable bonds is 13. The summed E-state index contributed by atoms with van der Waals surface area (Å²) in [7, 11) is -2.17. The van der Waals surface area contributed by atoms with Gasteiger partial charge in [-0.25, -0.2) is 18.2 Å². The van der Waals surface area contributed by atoms with Gasteiger partial charge >= 0.3 is 6.09 Å². The molecule has 214 valence electrons. The predicted octanol–water partition coefficient (Wildman–Crippen LogP) is 3.36. The second-order valence-electron chi connectivity index (χ2n) is 10.0. The third-order valence-electron chi connectivity index (χ3n) is 6.45. The summed E-state index contributed by atoms with van der Waals surface area (Å²) in [6, 6.07) is 8.60. The number of ether oxygens (including phenoxy) is 1. The Labute approximate surface area is 239 Å². The molecule has 12 heteroatoms. The fourth-order valence-electron chi connectivity index (χ4n) is 4.44. The Morgan fingerprint density at radius 1 is 1.20 bits per heavy atom. The van der Waals surface area contributed by atoms with E-state index < -0.39 is 28.3 Å². The third-order valence-corrected chi connectivity index (χ3v) is 9.13. The van der Waals surface area contributed by atoms with Crippen LogP contribution in [0.15, 0.2) is 81.6 Å². The standard InChI is InChI=1S/C28H35N5O5S2/c1-19(2)15-33(40(36,37)23-10-9-21-12-27(29-3)31-24(21)13-23)16-26(34)25(11-20-7-5-4-6-8-20)32-28(35)38-17-22-14-30-18-39-22/h4-10,12,14,18-19,25-26,29,34H,11,13,15-17H2,1-3H3,(H,32,35). The number of nitrogens with zero attached hydrogens (tertiary/aromatic N) is 3. The molecule has 1 amide bonds. The van der Waals surface area contributed by atoms with Crippen molar-refractivity contribution >= 4 is 33.2 Å². The number of carbonyl (C=O) groups is 1. The number of hydrogen-bond acceptors (Lipinski definition) is 9. The normalized spacial score (nSPS) is 16.4. The van der Waals surface area contributed by atoms with Crippen molar-refractivity contribution in [2.75, 3.05) is 20.1 Å². The van der Waals surface area contributed by atoms with Gasteiger partial charge in [-0.3, -0.25) is 4.98 Å². The number of nitrogens with one attached hydrogen (secondary N) is 2. The quantitative estimate of drug-likeness (QED) is 0.328. The number of hydrogen-bond donors (Lipinski definition) is 3. The molecule has 10 nitrogen and oxygen atoms in total. The molecule has 0 bridgehead atoms. The highest BCUT2D eigenvalue weighted by atomic mass is 32.2. The topological polar surface area (TPSA) is 133 Å². The molecule has 0 saturated carbocycles. The Hall–Kier alpha value is -3.32. The smallest absolute Gasteiger partial charge is 0.407 e. The van der Waals surface area contributed by atoms with Crippen molar-refractivity contribution in [3.63, 3.8) is 0 Å². The van der Waals surface area contributed by atoms with Crippen LogP contribution in [0.1, 0.15) is 30.7 Å². The number of aromatic nitrogens is 1. The van der Waals surface area contributed by atoms with E-state index in [0.29, 0.717) is 11.5 Å². The highest BCUT2D eigenvalue weighted by Gasteiger charge is 2.34. The number of amides is 1. The molecule has 2 atom stereocenters. The van der Waals surface area contributed by atoms with E-state index in [2.05, 4.69) is 20.6 Å².